The van der Waals surface area contributed by atoms with Crippen LogP contribution < -0.4 is 0 Å². The third kappa shape index (κ3) is 1.82. The van der Waals surface area contributed by atoms with Crippen LogP contribution >= 0.6 is 0 Å². The first-order valence-corrected chi connectivity index (χ1v) is 4.76. The van der Waals surface area contributed by atoms with E-state index in [0.29, 0.717) is 22.8 Å². The van der Waals surface area contributed by atoms with Crippen molar-refractivity contribution < 1.29 is 14.0 Å². The molecule has 0 amide bonds. The van der Waals surface area contributed by atoms with Crippen molar-refractivity contribution in [1.29, 1.82) is 0 Å². The zero-order valence-corrected chi connectivity index (χ0v) is 8.64. The van der Waals surface area contributed by atoms with E-state index in [1.165, 1.54) is 6.07 Å². The molecule has 1 N–H and O–H groups in total. The minimum Gasteiger partial charge on any atom is -0.455 e. The molecule has 1 aromatic heterocycles. The van der Waals surface area contributed by atoms with E-state index in [0.717, 1.165) is 0 Å². The SMILES string of the molecule is C/C(=N\O)c1ccc(-c2ccccc2F)o1. The maximum atomic E-state index is 13.4. The number of halogens is 1. The second kappa shape index (κ2) is 4.18. The van der Waals surface area contributed by atoms with Gasteiger partial charge in [0.25, 0.3) is 0 Å². The first-order valence-electron chi connectivity index (χ1n) is 4.76. The van der Waals surface area contributed by atoms with Crippen molar-refractivity contribution in [3.8, 4) is 11.3 Å². The standard InChI is InChI=1S/C12H10FNO2/c1-8(14-15)11-6-7-12(16-11)9-4-2-3-5-10(9)13/h2-7,15H,1H3/b14-8+. The molecular weight excluding hydrogens is 209 g/mol. The van der Waals surface area contributed by atoms with Crippen molar-refractivity contribution in [2.75, 3.05) is 0 Å². The maximum absolute atomic E-state index is 13.4. The lowest BCUT2D eigenvalue weighted by atomic mass is 10.1. The van der Waals surface area contributed by atoms with Crippen LogP contribution in [0, 0.1) is 5.82 Å². The first kappa shape index (κ1) is 10.4. The molecule has 0 bridgehead atoms. The average molecular weight is 219 g/mol. The summed E-state index contributed by atoms with van der Waals surface area (Å²) < 4.78 is 18.8. The lowest BCUT2D eigenvalue weighted by molar-refractivity contribution is 0.317. The smallest absolute Gasteiger partial charge is 0.152 e. The quantitative estimate of drug-likeness (QED) is 0.478. The molecule has 4 heteroatoms. The highest BCUT2D eigenvalue weighted by molar-refractivity contribution is 5.96. The van der Waals surface area contributed by atoms with E-state index in [1.54, 1.807) is 37.3 Å². The van der Waals surface area contributed by atoms with Gasteiger partial charge in [-0.3, -0.25) is 0 Å². The lowest BCUT2D eigenvalue weighted by Gasteiger charge is -1.98. The van der Waals surface area contributed by atoms with E-state index in [1.807, 2.05) is 0 Å². The van der Waals surface area contributed by atoms with Gasteiger partial charge in [-0.05, 0) is 31.2 Å². The van der Waals surface area contributed by atoms with E-state index in [4.69, 9.17) is 9.62 Å². The summed E-state index contributed by atoms with van der Waals surface area (Å²) in [5, 5.41) is 11.6. The molecule has 0 fully saturated rings. The number of hydrogen-bond donors (Lipinski definition) is 1. The fourth-order valence-corrected chi connectivity index (χ4v) is 1.39. The fraction of sp³-hybridized carbons (Fsp3) is 0.0833. The monoisotopic (exact) mass is 219 g/mol. The Bertz CT molecular complexity index is 531. The van der Waals surface area contributed by atoms with Gasteiger partial charge in [-0.1, -0.05) is 17.3 Å². The second-order valence-corrected chi connectivity index (χ2v) is 3.33. The number of hydrogen-bond acceptors (Lipinski definition) is 3. The van der Waals surface area contributed by atoms with Crippen molar-refractivity contribution in [2.24, 2.45) is 5.16 Å². The Morgan fingerprint density at radius 2 is 2.00 bits per heavy atom. The zero-order valence-electron chi connectivity index (χ0n) is 8.64. The maximum Gasteiger partial charge on any atom is 0.152 e. The van der Waals surface area contributed by atoms with Crippen molar-refractivity contribution in [1.82, 2.24) is 0 Å². The van der Waals surface area contributed by atoms with Gasteiger partial charge in [0.2, 0.25) is 0 Å². The van der Waals surface area contributed by atoms with Crippen LogP contribution in [0.25, 0.3) is 11.3 Å². The molecule has 3 nitrogen and oxygen atoms in total. The van der Waals surface area contributed by atoms with Gasteiger partial charge in [0.1, 0.15) is 17.3 Å². The molecular formula is C12H10FNO2. The van der Waals surface area contributed by atoms with Gasteiger partial charge >= 0.3 is 0 Å². The molecule has 1 aromatic carbocycles. The summed E-state index contributed by atoms with van der Waals surface area (Å²) in [6.07, 6.45) is 0. The largest absolute Gasteiger partial charge is 0.455 e. The highest BCUT2D eigenvalue weighted by Gasteiger charge is 2.10. The van der Waals surface area contributed by atoms with Gasteiger partial charge < -0.3 is 9.62 Å². The molecule has 0 aliphatic carbocycles. The molecule has 0 atom stereocenters. The summed E-state index contributed by atoms with van der Waals surface area (Å²) in [5.41, 5.74) is 0.738. The van der Waals surface area contributed by atoms with E-state index in [2.05, 4.69) is 5.16 Å². The highest BCUT2D eigenvalue weighted by Crippen LogP contribution is 2.24. The van der Waals surface area contributed by atoms with Crippen molar-refractivity contribution in [3.05, 3.63) is 48.0 Å². The molecule has 82 valence electrons. The number of rotatable bonds is 2. The van der Waals surface area contributed by atoms with Crippen LogP contribution in [0.3, 0.4) is 0 Å². The molecule has 2 aromatic rings. The Hall–Kier alpha value is -2.10. The van der Waals surface area contributed by atoms with E-state index in [9.17, 15) is 4.39 Å². The molecule has 0 saturated carbocycles. The summed E-state index contributed by atoms with van der Waals surface area (Å²) in [7, 11) is 0. The molecule has 0 radical (unpaired) electrons. The van der Waals surface area contributed by atoms with Gasteiger partial charge in [0, 0.05) is 0 Å². The van der Waals surface area contributed by atoms with Crippen LogP contribution in [0.5, 0.6) is 0 Å². The van der Waals surface area contributed by atoms with E-state index in [-0.39, 0.29) is 5.82 Å². The van der Waals surface area contributed by atoms with Crippen molar-refractivity contribution >= 4 is 5.71 Å². The summed E-state index contributed by atoms with van der Waals surface area (Å²) in [4.78, 5) is 0. The molecule has 0 saturated heterocycles. The van der Waals surface area contributed by atoms with E-state index >= 15 is 0 Å². The predicted molar refractivity (Wildman–Crippen MR) is 58.1 cm³/mol. The van der Waals surface area contributed by atoms with Crippen LogP contribution in [-0.2, 0) is 0 Å². The fourth-order valence-electron chi connectivity index (χ4n) is 1.39. The topological polar surface area (TPSA) is 45.7 Å². The summed E-state index contributed by atoms with van der Waals surface area (Å²) in [6.45, 7) is 1.60. The van der Waals surface area contributed by atoms with E-state index < -0.39 is 0 Å². The molecule has 0 aliphatic rings. The molecule has 0 aliphatic heterocycles. The number of benzene rings is 1. The van der Waals surface area contributed by atoms with Crippen molar-refractivity contribution in [2.45, 2.75) is 6.92 Å². The van der Waals surface area contributed by atoms with Crippen LogP contribution in [0.4, 0.5) is 4.39 Å². The number of oxime groups is 1. The summed E-state index contributed by atoms with van der Waals surface area (Å²) >= 11 is 0. The van der Waals surface area contributed by atoms with Crippen LogP contribution in [0.15, 0.2) is 46.0 Å². The Balaban J connectivity index is 2.43. The van der Waals surface area contributed by atoms with Gasteiger partial charge in [-0.2, -0.15) is 0 Å². The lowest BCUT2D eigenvalue weighted by Crippen LogP contribution is -1.90. The third-order valence-corrected chi connectivity index (χ3v) is 2.25. The minimum absolute atomic E-state index is 0.345. The Labute approximate surface area is 91.8 Å². The summed E-state index contributed by atoms with van der Waals surface area (Å²) in [6, 6.07) is 9.61. The zero-order chi connectivity index (χ0) is 11.5. The predicted octanol–water partition coefficient (Wildman–Crippen LogP) is 3.28. The minimum atomic E-state index is -0.345. The second-order valence-electron chi connectivity index (χ2n) is 3.33. The molecule has 1 heterocycles. The van der Waals surface area contributed by atoms with Crippen LogP contribution in [0.2, 0.25) is 0 Å². The van der Waals surface area contributed by atoms with Gasteiger partial charge in [-0.25, -0.2) is 4.39 Å². The molecule has 16 heavy (non-hydrogen) atoms. The highest BCUT2D eigenvalue weighted by atomic mass is 19.1. The van der Waals surface area contributed by atoms with Gasteiger partial charge in [0.15, 0.2) is 5.76 Å². The molecule has 0 unspecified atom stereocenters. The normalized spacial score (nSPS) is 11.8. The summed E-state index contributed by atoms with van der Waals surface area (Å²) in [5.74, 6) is 0.485. The molecule has 2 rings (SSSR count). The van der Waals surface area contributed by atoms with Gasteiger partial charge in [0.05, 0.1) is 5.56 Å². The van der Waals surface area contributed by atoms with Crippen LogP contribution in [-0.4, -0.2) is 10.9 Å². The van der Waals surface area contributed by atoms with Crippen LogP contribution in [0.1, 0.15) is 12.7 Å². The third-order valence-electron chi connectivity index (χ3n) is 2.25. The van der Waals surface area contributed by atoms with Gasteiger partial charge in [-0.15, -0.1) is 0 Å². The average Bonchev–Trinajstić information content (AvgIpc) is 2.78. The number of furan rings is 1. The Morgan fingerprint density at radius 3 is 2.69 bits per heavy atom. The Morgan fingerprint density at radius 1 is 1.25 bits per heavy atom. The van der Waals surface area contributed by atoms with Crippen molar-refractivity contribution in [3.63, 3.8) is 0 Å². The first-order chi connectivity index (χ1) is 7.72. The number of nitrogens with zero attached hydrogens (tertiary/aromatic N) is 1. The Kier molecular flexibility index (Phi) is 2.72. The molecule has 0 spiro atoms.